The molecule has 0 saturated carbocycles. The van der Waals surface area contributed by atoms with Crippen molar-refractivity contribution in [3.8, 4) is 0 Å². The van der Waals surface area contributed by atoms with Gasteiger partial charge >= 0.3 is 0 Å². The second-order valence-corrected chi connectivity index (χ2v) is 5.45. The number of aromatic nitrogens is 3. The lowest BCUT2D eigenvalue weighted by Crippen LogP contribution is -2.13. The van der Waals surface area contributed by atoms with Gasteiger partial charge in [0.2, 0.25) is 20.8 Å². The summed E-state index contributed by atoms with van der Waals surface area (Å²) in [5.74, 6) is -1.45. The highest BCUT2D eigenvalue weighted by Gasteiger charge is 2.24. The highest BCUT2D eigenvalue weighted by molar-refractivity contribution is 7.91. The van der Waals surface area contributed by atoms with Gasteiger partial charge < -0.3 is 5.73 Å². The SMILES string of the molecule is NC(=O)c1n[nH]c(S(=O)(=O)c2ccc([N+](=O)[O-])cc2)n1. The molecule has 0 atom stereocenters. The van der Waals surface area contributed by atoms with E-state index in [9.17, 15) is 23.3 Å². The van der Waals surface area contributed by atoms with Crippen LogP contribution in [0.25, 0.3) is 0 Å². The van der Waals surface area contributed by atoms with Crippen LogP contribution in [-0.4, -0.2) is 34.4 Å². The van der Waals surface area contributed by atoms with E-state index in [1.54, 1.807) is 0 Å². The maximum atomic E-state index is 12.1. The predicted molar refractivity (Wildman–Crippen MR) is 63.4 cm³/mol. The molecule has 0 saturated heterocycles. The Kier molecular flexibility index (Phi) is 3.19. The van der Waals surface area contributed by atoms with Crippen molar-refractivity contribution in [1.29, 1.82) is 0 Å². The zero-order valence-electron chi connectivity index (χ0n) is 9.68. The van der Waals surface area contributed by atoms with Crippen LogP contribution in [0.3, 0.4) is 0 Å². The van der Waals surface area contributed by atoms with Crippen molar-refractivity contribution in [3.05, 3.63) is 40.2 Å². The van der Waals surface area contributed by atoms with E-state index in [0.717, 1.165) is 24.3 Å². The summed E-state index contributed by atoms with van der Waals surface area (Å²) in [7, 11) is -4.05. The highest BCUT2D eigenvalue weighted by atomic mass is 32.2. The summed E-state index contributed by atoms with van der Waals surface area (Å²) < 4.78 is 24.2. The molecule has 2 aromatic rings. The molecule has 2 rings (SSSR count). The lowest BCUT2D eigenvalue weighted by molar-refractivity contribution is -0.384. The number of carbonyl (C=O) groups excluding carboxylic acids is 1. The summed E-state index contributed by atoms with van der Waals surface area (Å²) in [6, 6.07) is 4.19. The molecule has 1 heterocycles. The lowest BCUT2D eigenvalue weighted by Gasteiger charge is -1.99. The Balaban J connectivity index is 2.43. The molecule has 3 N–H and O–H groups in total. The smallest absolute Gasteiger partial charge is 0.288 e. The van der Waals surface area contributed by atoms with Crippen LogP contribution in [0.4, 0.5) is 5.69 Å². The van der Waals surface area contributed by atoms with Gasteiger partial charge in [-0.25, -0.2) is 13.5 Å². The molecule has 11 heteroatoms. The summed E-state index contributed by atoms with van der Waals surface area (Å²) in [5, 5.41) is 15.4. The number of amides is 1. The van der Waals surface area contributed by atoms with Crippen LogP contribution < -0.4 is 5.73 Å². The van der Waals surface area contributed by atoms with Gasteiger partial charge in [-0.15, -0.1) is 5.10 Å². The molecular weight excluding hydrogens is 290 g/mol. The summed E-state index contributed by atoms with van der Waals surface area (Å²) in [4.78, 5) is 23.9. The quantitative estimate of drug-likeness (QED) is 0.575. The molecule has 1 aromatic heterocycles. The van der Waals surface area contributed by atoms with Crippen LogP contribution in [0.5, 0.6) is 0 Å². The number of nitrogens with zero attached hydrogens (tertiary/aromatic N) is 3. The molecule has 20 heavy (non-hydrogen) atoms. The number of aromatic amines is 1. The summed E-state index contributed by atoms with van der Waals surface area (Å²) in [6.45, 7) is 0. The van der Waals surface area contributed by atoms with E-state index in [1.165, 1.54) is 0 Å². The normalized spacial score (nSPS) is 11.2. The van der Waals surface area contributed by atoms with Crippen molar-refractivity contribution in [2.24, 2.45) is 5.73 Å². The molecule has 0 aliphatic rings. The van der Waals surface area contributed by atoms with Crippen molar-refractivity contribution in [3.63, 3.8) is 0 Å². The minimum absolute atomic E-state index is 0.227. The van der Waals surface area contributed by atoms with E-state index in [-0.39, 0.29) is 10.6 Å². The van der Waals surface area contributed by atoms with Crippen LogP contribution in [-0.2, 0) is 9.84 Å². The summed E-state index contributed by atoms with van der Waals surface area (Å²) >= 11 is 0. The zero-order valence-corrected chi connectivity index (χ0v) is 10.5. The second-order valence-electron chi connectivity index (χ2n) is 3.58. The number of non-ortho nitro benzene ring substituents is 1. The zero-order chi connectivity index (χ0) is 14.9. The van der Waals surface area contributed by atoms with Gasteiger partial charge in [-0.05, 0) is 12.1 Å². The fraction of sp³-hybridized carbons (Fsp3) is 0. The first-order chi connectivity index (χ1) is 9.32. The Morgan fingerprint density at radius 3 is 2.35 bits per heavy atom. The first kappa shape index (κ1) is 13.6. The number of hydrogen-bond donors (Lipinski definition) is 2. The van der Waals surface area contributed by atoms with Gasteiger partial charge in [0.05, 0.1) is 9.82 Å². The van der Waals surface area contributed by atoms with Crippen LogP contribution >= 0.6 is 0 Å². The van der Waals surface area contributed by atoms with E-state index in [4.69, 9.17) is 5.73 Å². The van der Waals surface area contributed by atoms with E-state index < -0.39 is 31.6 Å². The molecule has 1 amide bonds. The first-order valence-electron chi connectivity index (χ1n) is 5.04. The number of sulfone groups is 1. The lowest BCUT2D eigenvalue weighted by atomic mass is 10.3. The topological polar surface area (TPSA) is 162 Å². The average molecular weight is 297 g/mol. The average Bonchev–Trinajstić information content (AvgIpc) is 2.89. The Hall–Kier alpha value is -2.82. The van der Waals surface area contributed by atoms with Gasteiger partial charge in [0, 0.05) is 12.1 Å². The number of nitrogens with two attached hydrogens (primary N) is 1. The standard InChI is InChI=1S/C9H7N5O5S/c10-7(15)8-11-9(13-12-8)20(18,19)6-3-1-5(2-4-6)14(16)17/h1-4H,(H2,10,15)(H,11,12,13). The molecule has 0 unspecified atom stereocenters. The molecule has 104 valence electrons. The Morgan fingerprint density at radius 2 is 1.90 bits per heavy atom. The van der Waals surface area contributed by atoms with Crippen molar-refractivity contribution in [2.45, 2.75) is 10.1 Å². The molecule has 0 aliphatic heterocycles. The summed E-state index contributed by atoms with van der Waals surface area (Å²) in [6.07, 6.45) is 0. The minimum atomic E-state index is -4.05. The largest absolute Gasteiger partial charge is 0.363 e. The minimum Gasteiger partial charge on any atom is -0.363 e. The van der Waals surface area contributed by atoms with E-state index in [0.29, 0.717) is 0 Å². The van der Waals surface area contributed by atoms with Crippen molar-refractivity contribution in [1.82, 2.24) is 15.2 Å². The Morgan fingerprint density at radius 1 is 1.30 bits per heavy atom. The summed E-state index contributed by atoms with van der Waals surface area (Å²) in [5.41, 5.74) is 4.66. The van der Waals surface area contributed by atoms with Crippen LogP contribution in [0.2, 0.25) is 0 Å². The first-order valence-corrected chi connectivity index (χ1v) is 6.52. The third-order valence-corrected chi connectivity index (χ3v) is 3.88. The molecule has 0 spiro atoms. The maximum Gasteiger partial charge on any atom is 0.288 e. The van der Waals surface area contributed by atoms with Gasteiger partial charge in [-0.1, -0.05) is 0 Å². The monoisotopic (exact) mass is 297 g/mol. The van der Waals surface area contributed by atoms with Crippen LogP contribution in [0.15, 0.2) is 34.3 Å². The molecule has 1 aromatic carbocycles. The fourth-order valence-corrected chi connectivity index (χ4v) is 2.43. The Bertz CT molecular complexity index is 779. The van der Waals surface area contributed by atoms with E-state index in [2.05, 4.69) is 15.2 Å². The molecular formula is C9H7N5O5S. The number of H-pyrrole nitrogens is 1. The highest BCUT2D eigenvalue weighted by Crippen LogP contribution is 2.20. The Labute approximate surface area is 111 Å². The second kappa shape index (κ2) is 4.70. The van der Waals surface area contributed by atoms with Crippen LogP contribution in [0, 0.1) is 10.1 Å². The van der Waals surface area contributed by atoms with Crippen molar-refractivity contribution >= 4 is 21.4 Å². The van der Waals surface area contributed by atoms with E-state index >= 15 is 0 Å². The molecule has 0 aliphatic carbocycles. The fourth-order valence-electron chi connectivity index (χ4n) is 1.34. The predicted octanol–water partition coefficient (Wildman–Crippen LogP) is -0.355. The molecule has 0 fully saturated rings. The third kappa shape index (κ3) is 2.33. The molecule has 0 radical (unpaired) electrons. The number of rotatable bonds is 4. The third-order valence-electron chi connectivity index (χ3n) is 2.30. The number of primary amides is 1. The number of nitro groups is 1. The van der Waals surface area contributed by atoms with Gasteiger partial charge in [-0.2, -0.15) is 4.98 Å². The van der Waals surface area contributed by atoms with Gasteiger partial charge in [0.25, 0.3) is 11.6 Å². The number of carbonyl (C=O) groups is 1. The van der Waals surface area contributed by atoms with Crippen molar-refractivity contribution in [2.75, 3.05) is 0 Å². The van der Waals surface area contributed by atoms with Gasteiger partial charge in [0.15, 0.2) is 0 Å². The maximum absolute atomic E-state index is 12.1. The van der Waals surface area contributed by atoms with E-state index in [1.807, 2.05) is 0 Å². The molecule has 10 nitrogen and oxygen atoms in total. The van der Waals surface area contributed by atoms with Gasteiger partial charge in [0.1, 0.15) is 0 Å². The number of hydrogen-bond acceptors (Lipinski definition) is 7. The van der Waals surface area contributed by atoms with Crippen molar-refractivity contribution < 1.29 is 18.1 Å². The number of nitro benzene ring substituents is 1. The number of benzene rings is 1. The van der Waals surface area contributed by atoms with Gasteiger partial charge in [-0.3, -0.25) is 14.9 Å². The molecule has 0 bridgehead atoms. The van der Waals surface area contributed by atoms with Crippen LogP contribution in [0.1, 0.15) is 10.6 Å². The number of nitrogens with one attached hydrogen (secondary N) is 1.